The molecule has 4 atom stereocenters. The van der Waals surface area contributed by atoms with Gasteiger partial charge in [-0.2, -0.15) is 0 Å². The SMILES string of the molecule is Nc1ccc(F)cc1-c1nnnn1C1C2C3CCC(C3)C21. The molecule has 6 heteroatoms. The summed E-state index contributed by atoms with van der Waals surface area (Å²) in [6, 6.07) is 4.74. The monoisotopic (exact) mass is 285 g/mol. The topological polar surface area (TPSA) is 69.6 Å². The lowest BCUT2D eigenvalue weighted by molar-refractivity contribution is 0.427. The van der Waals surface area contributed by atoms with Crippen LogP contribution in [0.4, 0.5) is 10.1 Å². The van der Waals surface area contributed by atoms with Crippen molar-refractivity contribution in [2.75, 3.05) is 5.73 Å². The van der Waals surface area contributed by atoms with Gasteiger partial charge in [-0.15, -0.1) is 5.10 Å². The van der Waals surface area contributed by atoms with Crippen molar-refractivity contribution in [1.82, 2.24) is 20.2 Å². The van der Waals surface area contributed by atoms with E-state index in [1.165, 1.54) is 31.4 Å². The summed E-state index contributed by atoms with van der Waals surface area (Å²) in [4.78, 5) is 0. The molecule has 2 N–H and O–H groups in total. The van der Waals surface area contributed by atoms with E-state index in [4.69, 9.17) is 5.73 Å². The van der Waals surface area contributed by atoms with Crippen molar-refractivity contribution >= 4 is 5.69 Å². The van der Waals surface area contributed by atoms with Crippen molar-refractivity contribution in [3.63, 3.8) is 0 Å². The summed E-state index contributed by atoms with van der Waals surface area (Å²) < 4.78 is 15.4. The molecule has 21 heavy (non-hydrogen) atoms. The zero-order chi connectivity index (χ0) is 14.1. The van der Waals surface area contributed by atoms with Crippen LogP contribution in [0.1, 0.15) is 25.3 Å². The molecule has 3 aliphatic rings. The van der Waals surface area contributed by atoms with Crippen LogP contribution in [0.3, 0.4) is 0 Å². The fourth-order valence-electron chi connectivity index (χ4n) is 4.90. The minimum atomic E-state index is -0.315. The van der Waals surface area contributed by atoms with E-state index in [-0.39, 0.29) is 5.82 Å². The number of rotatable bonds is 2. The Labute approximate surface area is 121 Å². The van der Waals surface area contributed by atoms with E-state index in [9.17, 15) is 4.39 Å². The summed E-state index contributed by atoms with van der Waals surface area (Å²) in [7, 11) is 0. The number of halogens is 1. The van der Waals surface area contributed by atoms with Crippen LogP contribution in [-0.2, 0) is 0 Å². The highest BCUT2D eigenvalue weighted by Crippen LogP contribution is 2.71. The van der Waals surface area contributed by atoms with Crippen LogP contribution < -0.4 is 5.73 Å². The molecular formula is C15H16FN5. The Morgan fingerprint density at radius 3 is 2.71 bits per heavy atom. The summed E-state index contributed by atoms with van der Waals surface area (Å²) in [6.07, 6.45) is 4.08. The molecule has 3 aliphatic carbocycles. The van der Waals surface area contributed by atoms with Gasteiger partial charge >= 0.3 is 0 Å². The first kappa shape index (κ1) is 11.7. The van der Waals surface area contributed by atoms with Gasteiger partial charge in [-0.3, -0.25) is 0 Å². The van der Waals surface area contributed by atoms with Crippen molar-refractivity contribution in [1.29, 1.82) is 0 Å². The van der Waals surface area contributed by atoms with Crippen molar-refractivity contribution < 1.29 is 4.39 Å². The van der Waals surface area contributed by atoms with Crippen molar-refractivity contribution in [3.8, 4) is 11.4 Å². The molecule has 1 aromatic heterocycles. The zero-order valence-electron chi connectivity index (χ0n) is 11.5. The number of hydrogen-bond donors (Lipinski definition) is 1. The first-order valence-corrected chi connectivity index (χ1v) is 7.57. The molecule has 0 saturated heterocycles. The Morgan fingerprint density at radius 2 is 1.95 bits per heavy atom. The third kappa shape index (κ3) is 1.47. The maximum atomic E-state index is 13.5. The smallest absolute Gasteiger partial charge is 0.184 e. The highest BCUT2D eigenvalue weighted by atomic mass is 19.1. The van der Waals surface area contributed by atoms with Gasteiger partial charge in [-0.05, 0) is 71.6 Å². The van der Waals surface area contributed by atoms with Gasteiger partial charge in [0.05, 0.1) is 6.04 Å². The molecule has 1 aromatic carbocycles. The number of fused-ring (bicyclic) bond motifs is 5. The van der Waals surface area contributed by atoms with Gasteiger partial charge in [0, 0.05) is 11.3 Å². The van der Waals surface area contributed by atoms with Gasteiger partial charge < -0.3 is 5.73 Å². The van der Waals surface area contributed by atoms with E-state index >= 15 is 0 Å². The van der Waals surface area contributed by atoms with E-state index < -0.39 is 0 Å². The van der Waals surface area contributed by atoms with Gasteiger partial charge in [-0.25, -0.2) is 9.07 Å². The van der Waals surface area contributed by atoms with E-state index in [0.717, 1.165) is 23.7 Å². The molecule has 5 rings (SSSR count). The lowest BCUT2D eigenvalue weighted by Crippen LogP contribution is -2.09. The largest absolute Gasteiger partial charge is 0.398 e. The zero-order valence-corrected chi connectivity index (χ0v) is 11.5. The molecule has 4 unspecified atom stereocenters. The standard InChI is InChI=1S/C15H16FN5/c16-9-3-4-11(17)10(6-9)15-18-19-20-21(15)14-12-7-1-2-8(5-7)13(12)14/h3-4,6-8,12-14H,1-2,5,17H2. The third-order valence-corrected chi connectivity index (χ3v) is 5.73. The van der Waals surface area contributed by atoms with Crippen LogP contribution in [0.25, 0.3) is 11.4 Å². The van der Waals surface area contributed by atoms with E-state index in [0.29, 0.717) is 23.1 Å². The number of aromatic nitrogens is 4. The minimum Gasteiger partial charge on any atom is -0.398 e. The average molecular weight is 285 g/mol. The second-order valence-electron chi connectivity index (χ2n) is 6.66. The maximum absolute atomic E-state index is 13.5. The number of nitrogens with two attached hydrogens (primary N) is 1. The van der Waals surface area contributed by atoms with E-state index in [1.807, 2.05) is 4.68 Å². The average Bonchev–Trinajstić information content (AvgIpc) is 2.90. The molecule has 0 aliphatic heterocycles. The number of nitrogens with zero attached hydrogens (tertiary/aromatic N) is 4. The number of hydrogen-bond acceptors (Lipinski definition) is 4. The normalized spacial score (nSPS) is 36.0. The number of nitrogen functional groups attached to an aromatic ring is 1. The van der Waals surface area contributed by atoms with E-state index in [1.54, 1.807) is 6.07 Å². The molecule has 0 amide bonds. The van der Waals surface area contributed by atoms with Gasteiger partial charge in [0.1, 0.15) is 5.82 Å². The van der Waals surface area contributed by atoms with Crippen LogP contribution in [0.5, 0.6) is 0 Å². The molecule has 0 spiro atoms. The summed E-state index contributed by atoms with van der Waals surface area (Å²) in [5, 5.41) is 12.1. The van der Waals surface area contributed by atoms with Gasteiger partial charge in [0.2, 0.25) is 0 Å². The molecule has 3 fully saturated rings. The molecule has 2 bridgehead atoms. The van der Waals surface area contributed by atoms with E-state index in [2.05, 4.69) is 15.5 Å². The Balaban J connectivity index is 1.56. The van der Waals surface area contributed by atoms with Crippen LogP contribution in [0, 0.1) is 29.5 Å². The third-order valence-electron chi connectivity index (χ3n) is 5.73. The number of anilines is 1. The Hall–Kier alpha value is -1.98. The van der Waals surface area contributed by atoms with Crippen LogP contribution in [0.2, 0.25) is 0 Å². The Bertz CT molecular complexity index is 711. The van der Waals surface area contributed by atoms with Crippen molar-refractivity contribution in [2.45, 2.75) is 25.3 Å². The second-order valence-corrected chi connectivity index (χ2v) is 6.66. The molecule has 5 nitrogen and oxygen atoms in total. The summed E-state index contributed by atoms with van der Waals surface area (Å²) in [5.41, 5.74) is 7.09. The first-order valence-electron chi connectivity index (χ1n) is 7.57. The molecule has 108 valence electrons. The van der Waals surface area contributed by atoms with Crippen molar-refractivity contribution in [2.24, 2.45) is 23.7 Å². The summed E-state index contributed by atoms with van der Waals surface area (Å²) in [6.45, 7) is 0. The van der Waals surface area contributed by atoms with Gasteiger partial charge in [0.25, 0.3) is 0 Å². The lowest BCUT2D eigenvalue weighted by atomic mass is 10.0. The fraction of sp³-hybridized carbons (Fsp3) is 0.533. The number of tetrazole rings is 1. The molecule has 0 radical (unpaired) electrons. The Morgan fingerprint density at radius 1 is 1.19 bits per heavy atom. The maximum Gasteiger partial charge on any atom is 0.184 e. The van der Waals surface area contributed by atoms with Crippen LogP contribution in [-0.4, -0.2) is 20.2 Å². The fourth-order valence-corrected chi connectivity index (χ4v) is 4.90. The first-order chi connectivity index (χ1) is 10.2. The quantitative estimate of drug-likeness (QED) is 0.859. The summed E-state index contributed by atoms with van der Waals surface area (Å²) >= 11 is 0. The lowest BCUT2D eigenvalue weighted by Gasteiger charge is -2.11. The number of benzene rings is 1. The molecular weight excluding hydrogens is 269 g/mol. The van der Waals surface area contributed by atoms with Crippen LogP contribution in [0.15, 0.2) is 18.2 Å². The second kappa shape index (κ2) is 3.81. The highest BCUT2D eigenvalue weighted by Gasteiger charge is 2.66. The minimum absolute atomic E-state index is 0.315. The van der Waals surface area contributed by atoms with Gasteiger partial charge in [0.15, 0.2) is 5.82 Å². The molecule has 2 aromatic rings. The predicted molar refractivity (Wildman–Crippen MR) is 74.5 cm³/mol. The summed E-state index contributed by atoms with van der Waals surface area (Å²) in [5.74, 6) is 3.41. The van der Waals surface area contributed by atoms with Crippen molar-refractivity contribution in [3.05, 3.63) is 24.0 Å². The molecule has 3 saturated carbocycles. The highest BCUT2D eigenvalue weighted by molar-refractivity contribution is 5.71. The Kier molecular flexibility index (Phi) is 2.11. The predicted octanol–water partition coefficient (Wildman–Crippen LogP) is 2.28. The van der Waals surface area contributed by atoms with Gasteiger partial charge in [-0.1, -0.05) is 0 Å². The molecule has 1 heterocycles. The van der Waals surface area contributed by atoms with Crippen LogP contribution >= 0.6 is 0 Å².